The van der Waals surface area contributed by atoms with Crippen molar-refractivity contribution < 1.29 is 0 Å². The standard InChI is InChI=1S/C17H19NS3/c1-3-9-19-16-7-5-4-6-14(16)18-15-11-12(2)21-17-13(15)8-10-20-17/h3-8,10,12,15,18H,1,9,11H2,2H3/t12-,15?/m0/s1. The van der Waals surface area contributed by atoms with E-state index in [-0.39, 0.29) is 0 Å². The van der Waals surface area contributed by atoms with Gasteiger partial charge in [0.25, 0.3) is 0 Å². The van der Waals surface area contributed by atoms with Crippen molar-refractivity contribution in [2.45, 2.75) is 33.7 Å². The van der Waals surface area contributed by atoms with E-state index < -0.39 is 0 Å². The van der Waals surface area contributed by atoms with Crippen LogP contribution in [-0.2, 0) is 0 Å². The van der Waals surface area contributed by atoms with Gasteiger partial charge in [0.15, 0.2) is 0 Å². The molecule has 1 aliphatic heterocycles. The van der Waals surface area contributed by atoms with Gasteiger partial charge in [0.05, 0.1) is 10.3 Å². The average Bonchev–Trinajstić information content (AvgIpc) is 2.94. The fraction of sp³-hybridized carbons (Fsp3) is 0.294. The highest BCUT2D eigenvalue weighted by molar-refractivity contribution is 8.01. The summed E-state index contributed by atoms with van der Waals surface area (Å²) in [5.74, 6) is 0.944. The fourth-order valence-electron chi connectivity index (χ4n) is 2.53. The van der Waals surface area contributed by atoms with Crippen LogP contribution < -0.4 is 5.32 Å². The Morgan fingerprint density at radius 1 is 1.38 bits per heavy atom. The summed E-state index contributed by atoms with van der Waals surface area (Å²) in [6.45, 7) is 6.13. The minimum Gasteiger partial charge on any atom is -0.377 e. The Morgan fingerprint density at radius 2 is 2.24 bits per heavy atom. The molecule has 0 saturated heterocycles. The Morgan fingerprint density at radius 3 is 3.10 bits per heavy atom. The second-order valence-electron chi connectivity index (χ2n) is 5.12. The lowest BCUT2D eigenvalue weighted by Gasteiger charge is -2.29. The van der Waals surface area contributed by atoms with Crippen LogP contribution in [0.2, 0.25) is 0 Å². The highest BCUT2D eigenvalue weighted by Gasteiger charge is 2.26. The molecule has 1 N–H and O–H groups in total. The van der Waals surface area contributed by atoms with Crippen molar-refractivity contribution in [1.82, 2.24) is 0 Å². The average molecular weight is 334 g/mol. The second-order valence-corrected chi connectivity index (χ2v) is 8.81. The Kier molecular flexibility index (Phi) is 4.99. The summed E-state index contributed by atoms with van der Waals surface area (Å²) < 4.78 is 1.47. The van der Waals surface area contributed by atoms with Crippen LogP contribution in [0.25, 0.3) is 0 Å². The Balaban J connectivity index is 1.83. The lowest BCUT2D eigenvalue weighted by Crippen LogP contribution is -2.19. The monoisotopic (exact) mass is 333 g/mol. The van der Waals surface area contributed by atoms with Crippen molar-refractivity contribution in [3.63, 3.8) is 0 Å². The summed E-state index contributed by atoms with van der Waals surface area (Å²) in [5, 5.41) is 6.65. The van der Waals surface area contributed by atoms with Crippen molar-refractivity contribution >= 4 is 40.5 Å². The van der Waals surface area contributed by atoms with Crippen molar-refractivity contribution in [3.8, 4) is 0 Å². The molecule has 1 unspecified atom stereocenters. The number of rotatable bonds is 5. The fourth-order valence-corrected chi connectivity index (χ4v) is 5.86. The molecular formula is C17H19NS3. The summed E-state index contributed by atoms with van der Waals surface area (Å²) in [7, 11) is 0. The SMILES string of the molecule is C=CCSc1ccccc1NC1C[C@H](C)Sc2sccc21. The van der Waals surface area contributed by atoms with E-state index in [0.717, 1.165) is 5.75 Å². The van der Waals surface area contributed by atoms with Crippen LogP contribution in [0.15, 0.2) is 57.5 Å². The molecule has 21 heavy (non-hydrogen) atoms. The van der Waals surface area contributed by atoms with Gasteiger partial charge in [-0.15, -0.1) is 41.4 Å². The molecule has 0 fully saturated rings. The maximum atomic E-state index is 3.81. The van der Waals surface area contributed by atoms with Crippen molar-refractivity contribution in [1.29, 1.82) is 0 Å². The second kappa shape index (κ2) is 6.95. The number of benzene rings is 1. The largest absolute Gasteiger partial charge is 0.377 e. The maximum absolute atomic E-state index is 3.81. The van der Waals surface area contributed by atoms with Crippen LogP contribution in [-0.4, -0.2) is 11.0 Å². The third-order valence-corrected chi connectivity index (χ3v) is 6.90. The number of fused-ring (bicyclic) bond motifs is 1. The van der Waals surface area contributed by atoms with E-state index in [1.807, 2.05) is 40.9 Å². The number of thioether (sulfide) groups is 2. The van der Waals surface area contributed by atoms with Crippen molar-refractivity contribution in [2.24, 2.45) is 0 Å². The molecule has 2 atom stereocenters. The minimum atomic E-state index is 0.424. The third-order valence-electron chi connectivity index (χ3n) is 3.48. The predicted octanol–water partition coefficient (Wildman–Crippen LogP) is 6.06. The van der Waals surface area contributed by atoms with Gasteiger partial charge < -0.3 is 5.32 Å². The molecule has 2 aromatic rings. The molecule has 0 aliphatic carbocycles. The van der Waals surface area contributed by atoms with E-state index >= 15 is 0 Å². The summed E-state index contributed by atoms with van der Waals surface area (Å²) in [6.07, 6.45) is 3.13. The van der Waals surface area contributed by atoms with Gasteiger partial charge in [0, 0.05) is 21.6 Å². The third kappa shape index (κ3) is 3.50. The van der Waals surface area contributed by atoms with Gasteiger partial charge in [-0.1, -0.05) is 25.1 Å². The molecule has 110 valence electrons. The molecule has 1 nitrogen and oxygen atoms in total. The molecular weight excluding hydrogens is 314 g/mol. The Bertz CT molecular complexity index is 620. The van der Waals surface area contributed by atoms with Crippen molar-refractivity contribution in [2.75, 3.05) is 11.1 Å². The van der Waals surface area contributed by atoms with Crippen molar-refractivity contribution in [3.05, 3.63) is 53.9 Å². The molecule has 1 aromatic carbocycles. The van der Waals surface area contributed by atoms with Crippen LogP contribution in [0.5, 0.6) is 0 Å². The highest BCUT2D eigenvalue weighted by atomic mass is 32.2. The van der Waals surface area contributed by atoms with E-state index in [2.05, 4.69) is 54.5 Å². The summed E-state index contributed by atoms with van der Waals surface area (Å²) in [4.78, 5) is 1.31. The molecule has 2 heterocycles. The first-order valence-electron chi connectivity index (χ1n) is 7.11. The number of nitrogens with one attached hydrogen (secondary N) is 1. The van der Waals surface area contributed by atoms with Gasteiger partial charge in [0.1, 0.15) is 0 Å². The number of para-hydroxylation sites is 1. The molecule has 0 bridgehead atoms. The summed E-state index contributed by atoms with van der Waals surface area (Å²) in [5.41, 5.74) is 2.71. The van der Waals surface area contributed by atoms with Crippen LogP contribution >= 0.6 is 34.9 Å². The highest BCUT2D eigenvalue weighted by Crippen LogP contribution is 2.45. The predicted molar refractivity (Wildman–Crippen MR) is 98.0 cm³/mol. The van der Waals surface area contributed by atoms with E-state index in [0.29, 0.717) is 11.3 Å². The molecule has 0 amide bonds. The molecule has 3 rings (SSSR count). The van der Waals surface area contributed by atoms with E-state index in [4.69, 9.17) is 0 Å². The van der Waals surface area contributed by atoms with E-state index in [1.54, 1.807) is 0 Å². The smallest absolute Gasteiger partial charge is 0.0653 e. The molecule has 0 spiro atoms. The van der Waals surface area contributed by atoms with Crippen LogP contribution in [0.1, 0.15) is 24.9 Å². The Labute approximate surface area is 139 Å². The topological polar surface area (TPSA) is 12.0 Å². The molecule has 0 saturated carbocycles. The van der Waals surface area contributed by atoms with Gasteiger partial charge in [-0.2, -0.15) is 0 Å². The summed E-state index contributed by atoms with van der Waals surface area (Å²) in [6, 6.07) is 11.3. The van der Waals surface area contributed by atoms with E-state index in [1.165, 1.54) is 26.8 Å². The molecule has 1 aliphatic rings. The number of hydrogen-bond donors (Lipinski definition) is 1. The van der Waals surface area contributed by atoms with Gasteiger partial charge in [-0.25, -0.2) is 0 Å². The first-order chi connectivity index (χ1) is 10.3. The number of anilines is 1. The Hall–Kier alpha value is -0.840. The zero-order valence-electron chi connectivity index (χ0n) is 12.0. The molecule has 0 radical (unpaired) electrons. The first-order valence-corrected chi connectivity index (χ1v) is 9.85. The zero-order valence-corrected chi connectivity index (χ0v) is 14.5. The lowest BCUT2D eigenvalue weighted by atomic mass is 10.0. The van der Waals surface area contributed by atoms with Gasteiger partial charge in [-0.3, -0.25) is 0 Å². The first kappa shape index (κ1) is 15.1. The van der Waals surface area contributed by atoms with Crippen LogP contribution in [0.3, 0.4) is 0 Å². The van der Waals surface area contributed by atoms with Gasteiger partial charge >= 0.3 is 0 Å². The van der Waals surface area contributed by atoms with Gasteiger partial charge in [-0.05, 0) is 35.6 Å². The lowest BCUT2D eigenvalue weighted by molar-refractivity contribution is 0.668. The molecule has 4 heteroatoms. The number of hydrogen-bond acceptors (Lipinski definition) is 4. The van der Waals surface area contributed by atoms with Crippen LogP contribution in [0, 0.1) is 0 Å². The summed E-state index contributed by atoms with van der Waals surface area (Å²) >= 11 is 5.71. The number of thiophene rings is 1. The normalized spacial score (nSPS) is 20.8. The maximum Gasteiger partial charge on any atom is 0.0653 e. The van der Waals surface area contributed by atoms with E-state index in [9.17, 15) is 0 Å². The quantitative estimate of drug-likeness (QED) is 0.527. The minimum absolute atomic E-state index is 0.424. The molecule has 1 aromatic heterocycles. The van der Waals surface area contributed by atoms with Crippen LogP contribution in [0.4, 0.5) is 5.69 Å². The van der Waals surface area contributed by atoms with Gasteiger partial charge in [0.2, 0.25) is 0 Å². The zero-order chi connectivity index (χ0) is 14.7.